The number of nitrogens with zero attached hydrogens (tertiary/aromatic N) is 1. The van der Waals surface area contributed by atoms with Crippen molar-refractivity contribution in [2.75, 3.05) is 18.8 Å². The van der Waals surface area contributed by atoms with Crippen molar-refractivity contribution < 1.29 is 4.79 Å². The minimum atomic E-state index is 0. The first-order chi connectivity index (χ1) is 8.48. The van der Waals surface area contributed by atoms with E-state index < -0.39 is 0 Å². The lowest BCUT2D eigenvalue weighted by Gasteiger charge is -2.23. The molecular formula is C15H23ClN2O. The molecule has 0 atom stereocenters. The predicted octanol–water partition coefficient (Wildman–Crippen LogP) is 3.34. The third kappa shape index (κ3) is 4.13. The second-order valence-corrected chi connectivity index (χ2v) is 5.93. The van der Waals surface area contributed by atoms with Crippen LogP contribution in [0.5, 0.6) is 0 Å². The number of nitrogens with two attached hydrogens (primary N) is 1. The summed E-state index contributed by atoms with van der Waals surface area (Å²) in [5.74, 6) is 0.132. The van der Waals surface area contributed by atoms with Crippen LogP contribution in [0.2, 0.25) is 0 Å². The third-order valence-electron chi connectivity index (χ3n) is 3.78. The highest BCUT2D eigenvalue weighted by atomic mass is 35.5. The van der Waals surface area contributed by atoms with Gasteiger partial charge in [-0.05, 0) is 48.9 Å². The van der Waals surface area contributed by atoms with Crippen LogP contribution in [0, 0.1) is 5.41 Å². The molecule has 1 aliphatic rings. The lowest BCUT2D eigenvalue weighted by atomic mass is 9.85. The van der Waals surface area contributed by atoms with E-state index in [0.717, 1.165) is 31.5 Å². The molecule has 1 aliphatic heterocycles. The molecule has 0 aromatic heterocycles. The molecule has 0 unspecified atom stereocenters. The summed E-state index contributed by atoms with van der Waals surface area (Å²) < 4.78 is 0. The second kappa shape index (κ2) is 6.29. The molecular weight excluding hydrogens is 260 g/mol. The molecule has 4 heteroatoms. The summed E-state index contributed by atoms with van der Waals surface area (Å²) in [6.07, 6.45) is 3.36. The quantitative estimate of drug-likeness (QED) is 0.803. The number of benzene rings is 1. The van der Waals surface area contributed by atoms with E-state index in [0.29, 0.717) is 11.1 Å². The Labute approximate surface area is 121 Å². The zero-order valence-corrected chi connectivity index (χ0v) is 12.5. The molecule has 1 amide bonds. The minimum absolute atomic E-state index is 0. The van der Waals surface area contributed by atoms with Gasteiger partial charge in [0.1, 0.15) is 0 Å². The summed E-state index contributed by atoms with van der Waals surface area (Å²) in [5.41, 5.74) is 7.44. The molecule has 1 aromatic rings. The van der Waals surface area contributed by atoms with Crippen molar-refractivity contribution in [3.8, 4) is 0 Å². The SMILES string of the molecule is CC1(C)CCCN(C(=O)c2ccc(N)cc2)CC1.Cl. The van der Waals surface area contributed by atoms with Gasteiger partial charge in [-0.3, -0.25) is 4.79 Å². The second-order valence-electron chi connectivity index (χ2n) is 5.93. The normalized spacial score (nSPS) is 18.3. The van der Waals surface area contributed by atoms with Gasteiger partial charge in [0.05, 0.1) is 0 Å². The van der Waals surface area contributed by atoms with Gasteiger partial charge >= 0.3 is 0 Å². The molecule has 0 radical (unpaired) electrons. The number of amides is 1. The van der Waals surface area contributed by atoms with E-state index in [1.165, 1.54) is 6.42 Å². The lowest BCUT2D eigenvalue weighted by molar-refractivity contribution is 0.0757. The first-order valence-corrected chi connectivity index (χ1v) is 6.63. The van der Waals surface area contributed by atoms with E-state index in [1.807, 2.05) is 17.0 Å². The molecule has 0 spiro atoms. The summed E-state index contributed by atoms with van der Waals surface area (Å²) in [5, 5.41) is 0. The highest BCUT2D eigenvalue weighted by Crippen LogP contribution is 2.30. The Bertz CT molecular complexity index is 428. The maximum Gasteiger partial charge on any atom is 0.253 e. The van der Waals surface area contributed by atoms with Gasteiger partial charge in [-0.15, -0.1) is 12.4 Å². The Hall–Kier alpha value is -1.22. The van der Waals surface area contributed by atoms with Crippen LogP contribution >= 0.6 is 12.4 Å². The van der Waals surface area contributed by atoms with E-state index in [2.05, 4.69) is 13.8 Å². The van der Waals surface area contributed by atoms with Crippen LogP contribution in [-0.4, -0.2) is 23.9 Å². The maximum atomic E-state index is 12.4. The number of hydrogen-bond donors (Lipinski definition) is 1. The Morgan fingerprint density at radius 2 is 1.79 bits per heavy atom. The Kier molecular flexibility index (Phi) is 5.24. The Morgan fingerprint density at radius 1 is 1.16 bits per heavy atom. The van der Waals surface area contributed by atoms with Gasteiger partial charge in [0.2, 0.25) is 0 Å². The highest BCUT2D eigenvalue weighted by Gasteiger charge is 2.25. The Balaban J connectivity index is 0.00000180. The van der Waals surface area contributed by atoms with Crippen molar-refractivity contribution in [2.45, 2.75) is 33.1 Å². The fourth-order valence-electron chi connectivity index (χ4n) is 2.43. The number of likely N-dealkylation sites (tertiary alicyclic amines) is 1. The van der Waals surface area contributed by atoms with Gasteiger partial charge < -0.3 is 10.6 Å². The molecule has 1 aromatic carbocycles. The van der Waals surface area contributed by atoms with E-state index >= 15 is 0 Å². The largest absolute Gasteiger partial charge is 0.399 e. The van der Waals surface area contributed by atoms with Crippen LogP contribution in [-0.2, 0) is 0 Å². The molecule has 1 heterocycles. The van der Waals surface area contributed by atoms with Gasteiger partial charge in [-0.2, -0.15) is 0 Å². The molecule has 0 aliphatic carbocycles. The monoisotopic (exact) mass is 282 g/mol. The van der Waals surface area contributed by atoms with Crippen molar-refractivity contribution in [3.63, 3.8) is 0 Å². The zero-order valence-electron chi connectivity index (χ0n) is 11.7. The van der Waals surface area contributed by atoms with E-state index in [9.17, 15) is 4.79 Å². The van der Waals surface area contributed by atoms with Crippen molar-refractivity contribution in [1.82, 2.24) is 4.90 Å². The maximum absolute atomic E-state index is 12.4. The van der Waals surface area contributed by atoms with Gasteiger partial charge in [-0.1, -0.05) is 13.8 Å². The number of carbonyl (C=O) groups excluding carboxylic acids is 1. The number of hydrogen-bond acceptors (Lipinski definition) is 2. The molecule has 2 rings (SSSR count). The number of carbonyl (C=O) groups is 1. The van der Waals surface area contributed by atoms with E-state index in [-0.39, 0.29) is 18.3 Å². The van der Waals surface area contributed by atoms with Crippen LogP contribution in [0.25, 0.3) is 0 Å². The summed E-state index contributed by atoms with van der Waals surface area (Å²) in [6, 6.07) is 7.20. The van der Waals surface area contributed by atoms with Gasteiger partial charge in [0.25, 0.3) is 5.91 Å². The number of rotatable bonds is 1. The van der Waals surface area contributed by atoms with Crippen LogP contribution < -0.4 is 5.73 Å². The van der Waals surface area contributed by atoms with Gasteiger partial charge in [0.15, 0.2) is 0 Å². The smallest absolute Gasteiger partial charge is 0.253 e. The standard InChI is InChI=1S/C15H22N2O.ClH/c1-15(2)8-3-10-17(11-9-15)14(18)12-4-6-13(16)7-5-12;/h4-7H,3,8-11,16H2,1-2H3;1H. The first kappa shape index (κ1) is 15.8. The molecule has 1 fully saturated rings. The topological polar surface area (TPSA) is 46.3 Å². The Morgan fingerprint density at radius 3 is 2.42 bits per heavy atom. The van der Waals surface area contributed by atoms with Crippen molar-refractivity contribution in [3.05, 3.63) is 29.8 Å². The number of anilines is 1. The summed E-state index contributed by atoms with van der Waals surface area (Å²) in [6.45, 7) is 6.29. The molecule has 0 bridgehead atoms. The minimum Gasteiger partial charge on any atom is -0.399 e. The van der Waals surface area contributed by atoms with Gasteiger partial charge in [0, 0.05) is 24.3 Å². The molecule has 2 N–H and O–H groups in total. The van der Waals surface area contributed by atoms with Crippen molar-refractivity contribution in [2.24, 2.45) is 5.41 Å². The summed E-state index contributed by atoms with van der Waals surface area (Å²) in [4.78, 5) is 14.3. The molecule has 3 nitrogen and oxygen atoms in total. The van der Waals surface area contributed by atoms with E-state index in [4.69, 9.17) is 5.73 Å². The summed E-state index contributed by atoms with van der Waals surface area (Å²) >= 11 is 0. The lowest BCUT2D eigenvalue weighted by Crippen LogP contribution is -2.32. The van der Waals surface area contributed by atoms with Crippen molar-refractivity contribution >= 4 is 24.0 Å². The van der Waals surface area contributed by atoms with Gasteiger partial charge in [-0.25, -0.2) is 0 Å². The highest BCUT2D eigenvalue weighted by molar-refractivity contribution is 5.94. The van der Waals surface area contributed by atoms with E-state index in [1.54, 1.807) is 12.1 Å². The van der Waals surface area contributed by atoms with Crippen LogP contribution in [0.15, 0.2) is 24.3 Å². The van der Waals surface area contributed by atoms with Crippen LogP contribution in [0.3, 0.4) is 0 Å². The molecule has 1 saturated heterocycles. The zero-order chi connectivity index (χ0) is 13.2. The first-order valence-electron chi connectivity index (χ1n) is 6.63. The average Bonchev–Trinajstić information content (AvgIpc) is 2.50. The van der Waals surface area contributed by atoms with Crippen LogP contribution in [0.1, 0.15) is 43.5 Å². The van der Waals surface area contributed by atoms with Crippen LogP contribution in [0.4, 0.5) is 5.69 Å². The third-order valence-corrected chi connectivity index (χ3v) is 3.78. The summed E-state index contributed by atoms with van der Waals surface area (Å²) in [7, 11) is 0. The molecule has 19 heavy (non-hydrogen) atoms. The molecule has 0 saturated carbocycles. The molecule has 106 valence electrons. The fourth-order valence-corrected chi connectivity index (χ4v) is 2.43. The number of nitrogen functional groups attached to an aromatic ring is 1. The average molecular weight is 283 g/mol. The fraction of sp³-hybridized carbons (Fsp3) is 0.533. The predicted molar refractivity (Wildman–Crippen MR) is 81.6 cm³/mol. The number of halogens is 1. The van der Waals surface area contributed by atoms with Crippen molar-refractivity contribution in [1.29, 1.82) is 0 Å².